The molecule has 4 nitrogen and oxygen atoms in total. The minimum atomic E-state index is -0.637. The molecule has 0 spiro atoms. The molecule has 118 valence electrons. The predicted octanol–water partition coefficient (Wildman–Crippen LogP) is 1.73. The molecule has 1 unspecified atom stereocenters. The highest BCUT2D eigenvalue weighted by Gasteiger charge is 2.26. The number of nitrogens with zero attached hydrogens (tertiary/aromatic N) is 2. The smallest absolute Gasteiger partial charge is 0.0718 e. The number of aliphatic hydroxyl groups is 1. The number of rotatable bonds is 5. The summed E-state index contributed by atoms with van der Waals surface area (Å²) in [5.74, 6) is 0. The van der Waals surface area contributed by atoms with Gasteiger partial charge in [0.1, 0.15) is 0 Å². The van der Waals surface area contributed by atoms with E-state index in [2.05, 4.69) is 15.9 Å². The summed E-state index contributed by atoms with van der Waals surface area (Å²) in [6.07, 6.45) is 0. The van der Waals surface area contributed by atoms with Crippen LogP contribution in [0.25, 0.3) is 0 Å². The molecule has 1 atom stereocenters. The lowest BCUT2D eigenvalue weighted by Crippen LogP contribution is -2.52. The first-order chi connectivity index (χ1) is 9.89. The van der Waals surface area contributed by atoms with Crippen LogP contribution in [0.3, 0.4) is 0 Å². The number of β-amino-alcohol motifs (C(OH)–C–C–N with tert-alkyl or cyclic N) is 1. The Hall–Kier alpha value is -0.650. The van der Waals surface area contributed by atoms with Gasteiger partial charge in [-0.2, -0.15) is 0 Å². The van der Waals surface area contributed by atoms with E-state index in [1.807, 2.05) is 32.0 Å². The fourth-order valence-electron chi connectivity index (χ4n) is 2.99. The van der Waals surface area contributed by atoms with Crippen molar-refractivity contribution in [1.82, 2.24) is 9.80 Å². The molecule has 1 saturated heterocycles. The second-order valence-corrected chi connectivity index (χ2v) is 6.87. The molecule has 0 aromatic heterocycles. The van der Waals surface area contributed by atoms with Crippen LogP contribution >= 0.6 is 11.6 Å². The molecule has 1 aliphatic heterocycles. The van der Waals surface area contributed by atoms with Gasteiger partial charge in [-0.05, 0) is 31.5 Å². The van der Waals surface area contributed by atoms with Gasteiger partial charge in [-0.3, -0.25) is 9.80 Å². The van der Waals surface area contributed by atoms with E-state index in [0.717, 1.165) is 31.2 Å². The standard InChI is InChI=1S/C16H26ClN3O/c1-16(2,21)12-19-6-8-20(9-7-19)15(11-18)13-4-3-5-14(17)10-13/h3-5,10,15,21H,6-9,11-12,18H2,1-2H3. The molecule has 0 amide bonds. The topological polar surface area (TPSA) is 52.7 Å². The number of benzene rings is 1. The van der Waals surface area contributed by atoms with Gasteiger partial charge < -0.3 is 10.8 Å². The van der Waals surface area contributed by atoms with Gasteiger partial charge in [-0.15, -0.1) is 0 Å². The molecule has 0 aliphatic carbocycles. The van der Waals surface area contributed by atoms with Crippen molar-refractivity contribution < 1.29 is 5.11 Å². The maximum absolute atomic E-state index is 9.91. The number of hydrogen-bond donors (Lipinski definition) is 2. The van der Waals surface area contributed by atoms with Gasteiger partial charge in [0.15, 0.2) is 0 Å². The summed E-state index contributed by atoms with van der Waals surface area (Å²) >= 11 is 6.09. The van der Waals surface area contributed by atoms with Gasteiger partial charge in [0.25, 0.3) is 0 Å². The highest BCUT2D eigenvalue weighted by molar-refractivity contribution is 6.30. The first-order valence-electron chi connectivity index (χ1n) is 7.53. The summed E-state index contributed by atoms with van der Waals surface area (Å²) in [6, 6.07) is 8.17. The van der Waals surface area contributed by atoms with Crippen molar-refractivity contribution in [2.75, 3.05) is 39.3 Å². The van der Waals surface area contributed by atoms with Crippen molar-refractivity contribution in [2.24, 2.45) is 5.73 Å². The van der Waals surface area contributed by atoms with Crippen LogP contribution in [-0.2, 0) is 0 Å². The van der Waals surface area contributed by atoms with Gasteiger partial charge in [0.05, 0.1) is 5.60 Å². The van der Waals surface area contributed by atoms with E-state index in [1.165, 1.54) is 5.56 Å². The maximum atomic E-state index is 9.91. The van der Waals surface area contributed by atoms with E-state index in [-0.39, 0.29) is 6.04 Å². The zero-order valence-electron chi connectivity index (χ0n) is 12.9. The Bertz CT molecular complexity index is 453. The molecule has 0 bridgehead atoms. The summed E-state index contributed by atoms with van der Waals surface area (Å²) in [4.78, 5) is 4.72. The highest BCUT2D eigenvalue weighted by atomic mass is 35.5. The normalized spacial score (nSPS) is 19.7. The molecule has 1 aromatic rings. The summed E-state index contributed by atoms with van der Waals surface area (Å²) in [5.41, 5.74) is 6.53. The summed E-state index contributed by atoms with van der Waals surface area (Å²) in [7, 11) is 0. The molecule has 2 rings (SSSR count). The molecular weight excluding hydrogens is 286 g/mol. The molecule has 1 aromatic carbocycles. The molecule has 0 radical (unpaired) electrons. The Balaban J connectivity index is 1.96. The lowest BCUT2D eigenvalue weighted by atomic mass is 10.0. The molecule has 1 fully saturated rings. The predicted molar refractivity (Wildman–Crippen MR) is 87.6 cm³/mol. The van der Waals surface area contributed by atoms with E-state index in [9.17, 15) is 5.11 Å². The van der Waals surface area contributed by atoms with E-state index >= 15 is 0 Å². The Kier molecular flexibility index (Phi) is 5.63. The second kappa shape index (κ2) is 7.07. The Labute approximate surface area is 132 Å². The number of piperazine rings is 1. The second-order valence-electron chi connectivity index (χ2n) is 6.43. The molecule has 3 N–H and O–H groups in total. The van der Waals surface area contributed by atoms with E-state index in [0.29, 0.717) is 13.1 Å². The third-order valence-corrected chi connectivity index (χ3v) is 4.15. The van der Waals surface area contributed by atoms with Crippen molar-refractivity contribution >= 4 is 11.6 Å². The third kappa shape index (κ3) is 4.94. The highest BCUT2D eigenvalue weighted by Crippen LogP contribution is 2.24. The van der Waals surface area contributed by atoms with Crippen LogP contribution in [0.15, 0.2) is 24.3 Å². The van der Waals surface area contributed by atoms with Gasteiger partial charge in [0, 0.05) is 50.3 Å². The van der Waals surface area contributed by atoms with Crippen LogP contribution in [0.5, 0.6) is 0 Å². The van der Waals surface area contributed by atoms with Crippen molar-refractivity contribution in [3.05, 3.63) is 34.9 Å². The number of nitrogens with two attached hydrogens (primary N) is 1. The zero-order chi connectivity index (χ0) is 15.5. The van der Waals surface area contributed by atoms with E-state index < -0.39 is 5.60 Å². The summed E-state index contributed by atoms with van der Waals surface area (Å²) < 4.78 is 0. The van der Waals surface area contributed by atoms with Gasteiger partial charge in [-0.25, -0.2) is 0 Å². The van der Waals surface area contributed by atoms with Crippen molar-refractivity contribution in [2.45, 2.75) is 25.5 Å². The van der Waals surface area contributed by atoms with Gasteiger partial charge in [-0.1, -0.05) is 23.7 Å². The Morgan fingerprint density at radius 1 is 1.29 bits per heavy atom. The van der Waals surface area contributed by atoms with Crippen molar-refractivity contribution in [3.63, 3.8) is 0 Å². The molecule has 5 heteroatoms. The van der Waals surface area contributed by atoms with Crippen molar-refractivity contribution in [1.29, 1.82) is 0 Å². The fourth-order valence-corrected chi connectivity index (χ4v) is 3.19. The van der Waals surface area contributed by atoms with Gasteiger partial charge >= 0.3 is 0 Å². The van der Waals surface area contributed by atoms with Crippen LogP contribution < -0.4 is 5.73 Å². The van der Waals surface area contributed by atoms with Crippen LogP contribution in [0.4, 0.5) is 0 Å². The van der Waals surface area contributed by atoms with E-state index in [1.54, 1.807) is 0 Å². The van der Waals surface area contributed by atoms with Crippen LogP contribution in [0.1, 0.15) is 25.5 Å². The average Bonchev–Trinajstić information content (AvgIpc) is 2.40. The largest absolute Gasteiger partial charge is 0.389 e. The summed E-state index contributed by atoms with van der Waals surface area (Å²) in [5, 5.41) is 10.7. The molecule has 1 heterocycles. The van der Waals surface area contributed by atoms with Crippen LogP contribution in [0, 0.1) is 0 Å². The molecule has 21 heavy (non-hydrogen) atoms. The Morgan fingerprint density at radius 3 is 2.48 bits per heavy atom. The number of halogens is 1. The molecule has 1 aliphatic rings. The lowest BCUT2D eigenvalue weighted by Gasteiger charge is -2.40. The minimum Gasteiger partial charge on any atom is -0.389 e. The number of hydrogen-bond acceptors (Lipinski definition) is 4. The first-order valence-corrected chi connectivity index (χ1v) is 7.91. The maximum Gasteiger partial charge on any atom is 0.0718 e. The molecular formula is C16H26ClN3O. The van der Waals surface area contributed by atoms with E-state index in [4.69, 9.17) is 17.3 Å². The van der Waals surface area contributed by atoms with Crippen molar-refractivity contribution in [3.8, 4) is 0 Å². The molecule has 0 saturated carbocycles. The Morgan fingerprint density at radius 2 is 1.95 bits per heavy atom. The monoisotopic (exact) mass is 311 g/mol. The van der Waals surface area contributed by atoms with Gasteiger partial charge in [0.2, 0.25) is 0 Å². The lowest BCUT2D eigenvalue weighted by molar-refractivity contribution is 0.0113. The average molecular weight is 312 g/mol. The van der Waals surface area contributed by atoms with Crippen LogP contribution in [-0.4, -0.2) is 59.8 Å². The van der Waals surface area contributed by atoms with Crippen LogP contribution in [0.2, 0.25) is 5.02 Å². The SMILES string of the molecule is CC(C)(O)CN1CCN(C(CN)c2cccc(Cl)c2)CC1. The zero-order valence-corrected chi connectivity index (χ0v) is 13.7. The first kappa shape index (κ1) is 16.7. The fraction of sp³-hybridized carbons (Fsp3) is 0.625. The third-order valence-electron chi connectivity index (χ3n) is 3.91. The summed E-state index contributed by atoms with van der Waals surface area (Å²) in [6.45, 7) is 8.86. The quantitative estimate of drug-likeness (QED) is 0.869. The minimum absolute atomic E-state index is 0.216.